The number of ether oxygens (including phenoxy) is 1. The normalized spacial score (nSPS) is 18.8. The number of hydrogen-bond acceptors (Lipinski definition) is 3. The van der Waals surface area contributed by atoms with Crippen molar-refractivity contribution in [1.82, 2.24) is 9.97 Å². The van der Waals surface area contributed by atoms with Gasteiger partial charge in [-0.2, -0.15) is 0 Å². The van der Waals surface area contributed by atoms with E-state index < -0.39 is 0 Å². The van der Waals surface area contributed by atoms with Crippen molar-refractivity contribution in [3.05, 3.63) is 23.2 Å². The van der Waals surface area contributed by atoms with Gasteiger partial charge in [0.15, 0.2) is 0 Å². The Balaban J connectivity index is 2.10. The molecule has 1 fully saturated rings. The largest absolute Gasteiger partial charge is 0.381 e. The van der Waals surface area contributed by atoms with Crippen LogP contribution in [0.2, 0.25) is 5.28 Å². The van der Waals surface area contributed by atoms with E-state index in [4.69, 9.17) is 16.3 Å². The highest BCUT2D eigenvalue weighted by Gasteiger charge is 2.16. The third-order valence-electron chi connectivity index (χ3n) is 2.33. The first-order valence-electron chi connectivity index (χ1n) is 4.41. The first-order chi connectivity index (χ1) is 6.36. The Hall–Kier alpha value is -0.670. The summed E-state index contributed by atoms with van der Waals surface area (Å²) >= 11 is 5.60. The monoisotopic (exact) mass is 198 g/mol. The standard InChI is InChI=1S/C9H11ClN2O/c10-9-11-5-8(6-12-9)7-1-3-13-4-2-7/h5-7H,1-4H2. The Morgan fingerprint density at radius 1 is 1.23 bits per heavy atom. The second-order valence-corrected chi connectivity index (χ2v) is 3.51. The van der Waals surface area contributed by atoms with Crippen LogP contribution in [0.25, 0.3) is 0 Å². The molecule has 13 heavy (non-hydrogen) atoms. The molecule has 2 rings (SSSR count). The molecular formula is C9H11ClN2O. The van der Waals surface area contributed by atoms with E-state index in [-0.39, 0.29) is 0 Å². The molecule has 0 bridgehead atoms. The van der Waals surface area contributed by atoms with Crippen molar-refractivity contribution >= 4 is 11.6 Å². The van der Waals surface area contributed by atoms with Crippen molar-refractivity contribution in [2.75, 3.05) is 13.2 Å². The second-order valence-electron chi connectivity index (χ2n) is 3.17. The lowest BCUT2D eigenvalue weighted by Crippen LogP contribution is -2.14. The lowest BCUT2D eigenvalue weighted by Gasteiger charge is -2.21. The average Bonchev–Trinajstić information content (AvgIpc) is 2.20. The second kappa shape index (κ2) is 4.03. The molecule has 1 aliphatic heterocycles. The molecule has 0 spiro atoms. The maximum absolute atomic E-state index is 5.60. The van der Waals surface area contributed by atoms with Gasteiger partial charge in [-0.15, -0.1) is 0 Å². The molecule has 2 heterocycles. The van der Waals surface area contributed by atoms with Gasteiger partial charge in [0.1, 0.15) is 0 Å². The van der Waals surface area contributed by atoms with Crippen LogP contribution in [0.1, 0.15) is 24.3 Å². The molecule has 3 nitrogen and oxygen atoms in total. The van der Waals surface area contributed by atoms with Gasteiger partial charge in [0.05, 0.1) is 0 Å². The van der Waals surface area contributed by atoms with Crippen molar-refractivity contribution in [3.63, 3.8) is 0 Å². The summed E-state index contributed by atoms with van der Waals surface area (Å²) in [6, 6.07) is 0. The van der Waals surface area contributed by atoms with Crippen LogP contribution in [-0.4, -0.2) is 23.2 Å². The fourth-order valence-corrected chi connectivity index (χ4v) is 1.66. The van der Waals surface area contributed by atoms with Gasteiger partial charge in [-0.3, -0.25) is 0 Å². The topological polar surface area (TPSA) is 35.0 Å². The predicted molar refractivity (Wildman–Crippen MR) is 49.8 cm³/mol. The summed E-state index contributed by atoms with van der Waals surface area (Å²) in [5, 5.41) is 0.316. The van der Waals surface area contributed by atoms with Crippen molar-refractivity contribution in [3.8, 4) is 0 Å². The van der Waals surface area contributed by atoms with E-state index in [1.807, 2.05) is 12.4 Å². The van der Waals surface area contributed by atoms with Crippen molar-refractivity contribution in [2.45, 2.75) is 18.8 Å². The molecular weight excluding hydrogens is 188 g/mol. The predicted octanol–water partition coefficient (Wildman–Crippen LogP) is 2.02. The third-order valence-corrected chi connectivity index (χ3v) is 2.53. The first-order valence-corrected chi connectivity index (χ1v) is 4.79. The summed E-state index contributed by atoms with van der Waals surface area (Å²) in [5.41, 5.74) is 1.17. The molecule has 0 N–H and O–H groups in total. The minimum absolute atomic E-state index is 0.316. The van der Waals surface area contributed by atoms with Gasteiger partial charge < -0.3 is 4.74 Å². The molecule has 1 saturated heterocycles. The van der Waals surface area contributed by atoms with Crippen LogP contribution >= 0.6 is 11.6 Å². The molecule has 0 aliphatic carbocycles. The molecule has 0 amide bonds. The highest BCUT2D eigenvalue weighted by Crippen LogP contribution is 2.25. The fraction of sp³-hybridized carbons (Fsp3) is 0.556. The van der Waals surface area contributed by atoms with Gasteiger partial charge in [0.2, 0.25) is 5.28 Å². The van der Waals surface area contributed by atoms with Crippen LogP contribution in [0.5, 0.6) is 0 Å². The maximum atomic E-state index is 5.60. The molecule has 0 radical (unpaired) electrons. The molecule has 1 aromatic heterocycles. The fourth-order valence-electron chi connectivity index (χ4n) is 1.56. The smallest absolute Gasteiger partial charge is 0.222 e. The Morgan fingerprint density at radius 3 is 2.46 bits per heavy atom. The Bertz CT molecular complexity index is 269. The molecule has 0 atom stereocenters. The number of hydrogen-bond donors (Lipinski definition) is 0. The van der Waals surface area contributed by atoms with E-state index in [9.17, 15) is 0 Å². The summed E-state index contributed by atoms with van der Waals surface area (Å²) in [4.78, 5) is 7.94. The van der Waals surface area contributed by atoms with Crippen LogP contribution in [0.15, 0.2) is 12.4 Å². The van der Waals surface area contributed by atoms with Gasteiger partial charge in [0.25, 0.3) is 0 Å². The SMILES string of the molecule is Clc1ncc(C2CCOCC2)cn1. The highest BCUT2D eigenvalue weighted by molar-refractivity contribution is 6.28. The van der Waals surface area contributed by atoms with Crippen molar-refractivity contribution in [2.24, 2.45) is 0 Å². The van der Waals surface area contributed by atoms with Gasteiger partial charge in [0, 0.05) is 25.6 Å². The molecule has 0 saturated carbocycles. The summed E-state index contributed by atoms with van der Waals surface area (Å²) in [6.45, 7) is 1.68. The van der Waals surface area contributed by atoms with Crippen LogP contribution in [0.4, 0.5) is 0 Å². The van der Waals surface area contributed by atoms with Gasteiger partial charge >= 0.3 is 0 Å². The number of rotatable bonds is 1. The Morgan fingerprint density at radius 2 is 1.85 bits per heavy atom. The number of halogens is 1. The zero-order valence-corrected chi connectivity index (χ0v) is 8.00. The molecule has 0 aromatic carbocycles. The van der Waals surface area contributed by atoms with E-state index in [2.05, 4.69) is 9.97 Å². The lowest BCUT2D eigenvalue weighted by atomic mass is 9.94. The van der Waals surface area contributed by atoms with Gasteiger partial charge in [-0.05, 0) is 35.9 Å². The zero-order chi connectivity index (χ0) is 9.10. The third kappa shape index (κ3) is 2.17. The summed E-state index contributed by atoms with van der Waals surface area (Å²) < 4.78 is 5.28. The summed E-state index contributed by atoms with van der Waals surface area (Å²) in [5.74, 6) is 0.547. The molecule has 4 heteroatoms. The lowest BCUT2D eigenvalue weighted by molar-refractivity contribution is 0.0852. The average molecular weight is 199 g/mol. The Labute approximate surface area is 82.1 Å². The zero-order valence-electron chi connectivity index (χ0n) is 7.24. The summed E-state index contributed by atoms with van der Waals surface area (Å²) in [6.07, 6.45) is 5.74. The maximum Gasteiger partial charge on any atom is 0.222 e. The molecule has 1 aromatic rings. The van der Waals surface area contributed by atoms with Crippen LogP contribution in [-0.2, 0) is 4.74 Å². The Kier molecular flexibility index (Phi) is 2.76. The van der Waals surface area contributed by atoms with Gasteiger partial charge in [-0.25, -0.2) is 9.97 Å². The molecule has 70 valence electrons. The van der Waals surface area contributed by atoms with Crippen molar-refractivity contribution in [1.29, 1.82) is 0 Å². The highest BCUT2D eigenvalue weighted by atomic mass is 35.5. The van der Waals surface area contributed by atoms with E-state index in [1.165, 1.54) is 5.56 Å². The molecule has 0 unspecified atom stereocenters. The van der Waals surface area contributed by atoms with Gasteiger partial charge in [-0.1, -0.05) is 0 Å². The van der Waals surface area contributed by atoms with Crippen LogP contribution < -0.4 is 0 Å². The van der Waals surface area contributed by atoms with Crippen LogP contribution in [0.3, 0.4) is 0 Å². The quantitative estimate of drug-likeness (QED) is 0.648. The van der Waals surface area contributed by atoms with E-state index >= 15 is 0 Å². The summed E-state index contributed by atoms with van der Waals surface area (Å²) in [7, 11) is 0. The van der Waals surface area contributed by atoms with E-state index in [0.29, 0.717) is 11.2 Å². The number of aromatic nitrogens is 2. The molecule has 1 aliphatic rings. The minimum atomic E-state index is 0.316. The first kappa shape index (κ1) is 8.91. The van der Waals surface area contributed by atoms with Crippen molar-refractivity contribution < 1.29 is 4.74 Å². The van der Waals surface area contributed by atoms with Crippen LogP contribution in [0, 0.1) is 0 Å². The number of nitrogens with zero attached hydrogens (tertiary/aromatic N) is 2. The van der Waals surface area contributed by atoms with E-state index in [1.54, 1.807) is 0 Å². The van der Waals surface area contributed by atoms with E-state index in [0.717, 1.165) is 26.1 Å². The minimum Gasteiger partial charge on any atom is -0.381 e.